The first-order valence-corrected chi connectivity index (χ1v) is 13.3. The number of Topliss-reactive ketones (excluding diaryl/α,β-unsaturated/α-hetero) is 1. The van der Waals surface area contributed by atoms with Gasteiger partial charge in [0.15, 0.2) is 5.78 Å². The van der Waals surface area contributed by atoms with E-state index in [1.807, 2.05) is 38.1 Å². The molecule has 3 aliphatic heterocycles. The van der Waals surface area contributed by atoms with Gasteiger partial charge in [0.1, 0.15) is 30.9 Å². The summed E-state index contributed by atoms with van der Waals surface area (Å²) in [6.07, 6.45) is 2.86. The van der Waals surface area contributed by atoms with Crippen molar-refractivity contribution < 1.29 is 24.2 Å². The van der Waals surface area contributed by atoms with Gasteiger partial charge in [-0.25, -0.2) is 0 Å². The Kier molecular flexibility index (Phi) is 7.32. The maximum atomic E-state index is 13.4. The van der Waals surface area contributed by atoms with Gasteiger partial charge in [-0.2, -0.15) is 0 Å². The number of amides is 2. The number of benzene rings is 1. The van der Waals surface area contributed by atoms with Gasteiger partial charge < -0.3 is 25.0 Å². The number of carbonyl (C=O) groups is 3. The molecular weight excluding hydrogens is 460 g/mol. The van der Waals surface area contributed by atoms with E-state index in [9.17, 15) is 19.5 Å². The standard InChI is InChI=1S/C27H38N4O5/c1-17(2)14-21(27(35)31-15-22(32)25-24(31)23(33)16-36-25)28-26(34)18-6-8-20(9-7-18)30-12-10-29(11-13-30)19-4-3-5-19/h6-9,17,19,21-22,24-25,32H,3-5,10-16H2,1-2H3,(H,28,34)/t21?,22-,24-,25-/m1/s1. The third-order valence-electron chi connectivity index (χ3n) is 8.15. The minimum Gasteiger partial charge on any atom is -0.388 e. The van der Waals surface area contributed by atoms with Crippen LogP contribution in [0.5, 0.6) is 0 Å². The van der Waals surface area contributed by atoms with Crippen LogP contribution in [0.4, 0.5) is 5.69 Å². The Morgan fingerprint density at radius 1 is 1.11 bits per heavy atom. The van der Waals surface area contributed by atoms with Crippen molar-refractivity contribution in [2.75, 3.05) is 44.2 Å². The summed E-state index contributed by atoms with van der Waals surface area (Å²) < 4.78 is 5.39. The average Bonchev–Trinajstić information content (AvgIpc) is 3.38. The summed E-state index contributed by atoms with van der Waals surface area (Å²) in [4.78, 5) is 45.2. The highest BCUT2D eigenvalue weighted by atomic mass is 16.5. The van der Waals surface area contributed by atoms with Gasteiger partial charge in [-0.05, 0) is 49.4 Å². The van der Waals surface area contributed by atoms with Crippen LogP contribution >= 0.6 is 0 Å². The number of ketones is 1. The molecule has 5 rings (SSSR count). The molecule has 9 nitrogen and oxygen atoms in total. The van der Waals surface area contributed by atoms with E-state index in [-0.39, 0.29) is 36.7 Å². The molecule has 3 heterocycles. The second-order valence-electron chi connectivity index (χ2n) is 11.1. The Bertz CT molecular complexity index is 971. The van der Waals surface area contributed by atoms with Crippen molar-refractivity contribution in [2.45, 2.75) is 69.9 Å². The molecule has 1 aromatic carbocycles. The number of β-amino-alcohol motifs (C(OH)–C–C–N with tert-alkyl or cyclic N) is 1. The average molecular weight is 499 g/mol. The Morgan fingerprint density at radius 3 is 2.42 bits per heavy atom. The molecule has 196 valence electrons. The molecule has 1 unspecified atom stereocenters. The molecular formula is C27H38N4O5. The number of ether oxygens (including phenoxy) is 1. The number of rotatable bonds is 7. The van der Waals surface area contributed by atoms with Crippen LogP contribution in [0.15, 0.2) is 24.3 Å². The number of nitrogens with one attached hydrogen (secondary N) is 1. The van der Waals surface area contributed by atoms with E-state index in [1.54, 1.807) is 0 Å². The van der Waals surface area contributed by atoms with Gasteiger partial charge >= 0.3 is 0 Å². The van der Waals surface area contributed by atoms with Crippen molar-refractivity contribution in [3.63, 3.8) is 0 Å². The van der Waals surface area contributed by atoms with Crippen molar-refractivity contribution in [2.24, 2.45) is 5.92 Å². The molecule has 2 amide bonds. The van der Waals surface area contributed by atoms with Crippen LogP contribution in [-0.4, -0.2) is 102 Å². The number of likely N-dealkylation sites (tertiary alicyclic amines) is 1. The first-order valence-electron chi connectivity index (χ1n) is 13.3. The molecule has 9 heteroatoms. The van der Waals surface area contributed by atoms with Crippen LogP contribution < -0.4 is 10.2 Å². The Morgan fingerprint density at radius 2 is 1.81 bits per heavy atom. The lowest BCUT2D eigenvalue weighted by Crippen LogP contribution is -2.52. The minimum absolute atomic E-state index is 0.0348. The molecule has 3 saturated heterocycles. The van der Waals surface area contributed by atoms with E-state index in [2.05, 4.69) is 15.1 Å². The van der Waals surface area contributed by atoms with Gasteiger partial charge in [0.05, 0.1) is 6.54 Å². The highest BCUT2D eigenvalue weighted by molar-refractivity contribution is 5.99. The first kappa shape index (κ1) is 25.2. The monoisotopic (exact) mass is 498 g/mol. The number of piperazine rings is 1. The summed E-state index contributed by atoms with van der Waals surface area (Å²) in [7, 11) is 0. The van der Waals surface area contributed by atoms with E-state index in [0.29, 0.717) is 12.0 Å². The lowest BCUT2D eigenvalue weighted by Gasteiger charge is -2.43. The summed E-state index contributed by atoms with van der Waals surface area (Å²) in [6, 6.07) is 6.79. The number of anilines is 1. The van der Waals surface area contributed by atoms with Crippen LogP contribution in [0.1, 0.15) is 49.9 Å². The van der Waals surface area contributed by atoms with Gasteiger partial charge in [0.2, 0.25) is 5.91 Å². The van der Waals surface area contributed by atoms with Crippen LogP contribution in [0.25, 0.3) is 0 Å². The first-order chi connectivity index (χ1) is 17.3. The van der Waals surface area contributed by atoms with Crippen molar-refractivity contribution in [1.29, 1.82) is 0 Å². The van der Waals surface area contributed by atoms with E-state index < -0.39 is 24.3 Å². The van der Waals surface area contributed by atoms with E-state index in [4.69, 9.17) is 4.74 Å². The number of hydrogen-bond acceptors (Lipinski definition) is 7. The fourth-order valence-electron chi connectivity index (χ4n) is 5.91. The minimum atomic E-state index is -0.899. The Labute approximate surface area is 212 Å². The second kappa shape index (κ2) is 10.5. The van der Waals surface area contributed by atoms with Crippen molar-refractivity contribution >= 4 is 23.3 Å². The van der Waals surface area contributed by atoms with Gasteiger partial charge in [-0.15, -0.1) is 0 Å². The molecule has 36 heavy (non-hydrogen) atoms. The highest BCUT2D eigenvalue weighted by Gasteiger charge is 2.52. The van der Waals surface area contributed by atoms with Gasteiger partial charge in [-0.1, -0.05) is 20.3 Å². The van der Waals surface area contributed by atoms with Crippen LogP contribution in [0.2, 0.25) is 0 Å². The maximum Gasteiger partial charge on any atom is 0.251 e. The van der Waals surface area contributed by atoms with Crippen molar-refractivity contribution in [3.8, 4) is 0 Å². The Balaban J connectivity index is 1.21. The van der Waals surface area contributed by atoms with Gasteiger partial charge in [0.25, 0.3) is 5.91 Å². The van der Waals surface area contributed by atoms with E-state index in [0.717, 1.165) is 37.9 Å². The third kappa shape index (κ3) is 5.01. The lowest BCUT2D eigenvalue weighted by atomic mass is 9.91. The van der Waals surface area contributed by atoms with Gasteiger partial charge in [-0.3, -0.25) is 19.3 Å². The topological polar surface area (TPSA) is 102 Å². The van der Waals surface area contributed by atoms with E-state index >= 15 is 0 Å². The molecule has 1 aliphatic carbocycles. The number of aliphatic hydroxyl groups excluding tert-OH is 1. The molecule has 4 fully saturated rings. The number of aliphatic hydroxyl groups is 1. The number of nitrogens with zero attached hydrogens (tertiary/aromatic N) is 3. The molecule has 0 bridgehead atoms. The normalized spacial score (nSPS) is 27.8. The maximum absolute atomic E-state index is 13.4. The molecule has 4 aliphatic rings. The summed E-state index contributed by atoms with van der Waals surface area (Å²) in [6.45, 7) is 8.03. The second-order valence-corrected chi connectivity index (χ2v) is 11.1. The van der Waals surface area contributed by atoms with Crippen LogP contribution in [-0.2, 0) is 14.3 Å². The number of carbonyl (C=O) groups excluding carboxylic acids is 3. The third-order valence-corrected chi connectivity index (χ3v) is 8.15. The smallest absolute Gasteiger partial charge is 0.251 e. The summed E-state index contributed by atoms with van der Waals surface area (Å²) in [5.41, 5.74) is 1.60. The zero-order chi connectivity index (χ0) is 25.4. The molecule has 4 atom stereocenters. The number of fused-ring (bicyclic) bond motifs is 1. The largest absolute Gasteiger partial charge is 0.388 e. The van der Waals surface area contributed by atoms with E-state index in [1.165, 1.54) is 24.2 Å². The molecule has 1 aromatic rings. The van der Waals surface area contributed by atoms with Gasteiger partial charge in [0, 0.05) is 43.5 Å². The number of hydrogen-bond donors (Lipinski definition) is 2. The fraction of sp³-hybridized carbons (Fsp3) is 0.667. The molecule has 0 radical (unpaired) electrons. The van der Waals surface area contributed by atoms with Crippen molar-refractivity contribution in [3.05, 3.63) is 29.8 Å². The molecule has 0 aromatic heterocycles. The van der Waals surface area contributed by atoms with Crippen LogP contribution in [0, 0.1) is 5.92 Å². The molecule has 2 N–H and O–H groups in total. The predicted octanol–water partition coefficient (Wildman–Crippen LogP) is 1.05. The fourth-order valence-corrected chi connectivity index (χ4v) is 5.91. The summed E-state index contributed by atoms with van der Waals surface area (Å²) in [5, 5.41) is 13.2. The SMILES string of the molecule is CC(C)CC(NC(=O)c1ccc(N2CCN(C3CCC3)CC2)cc1)C(=O)N1C[C@@H](O)[C@H]2OCC(=O)[C@H]21. The molecule has 1 saturated carbocycles. The zero-order valence-corrected chi connectivity index (χ0v) is 21.3. The highest BCUT2D eigenvalue weighted by Crippen LogP contribution is 2.29. The summed E-state index contributed by atoms with van der Waals surface area (Å²) >= 11 is 0. The Hall–Kier alpha value is -2.49. The zero-order valence-electron chi connectivity index (χ0n) is 21.3. The van der Waals surface area contributed by atoms with Crippen molar-refractivity contribution in [1.82, 2.24) is 15.1 Å². The van der Waals surface area contributed by atoms with Crippen LogP contribution in [0.3, 0.4) is 0 Å². The predicted molar refractivity (Wildman–Crippen MR) is 135 cm³/mol. The lowest BCUT2D eigenvalue weighted by molar-refractivity contribution is -0.138. The quantitative estimate of drug-likeness (QED) is 0.579. The summed E-state index contributed by atoms with van der Waals surface area (Å²) in [5.74, 6) is -0.716. The molecule has 0 spiro atoms.